The van der Waals surface area contributed by atoms with E-state index in [1.165, 1.54) is 17.4 Å². The number of aromatic nitrogens is 1. The van der Waals surface area contributed by atoms with Crippen molar-refractivity contribution < 1.29 is 4.39 Å². The van der Waals surface area contributed by atoms with Crippen molar-refractivity contribution in [1.29, 1.82) is 0 Å². The van der Waals surface area contributed by atoms with Crippen molar-refractivity contribution in [3.05, 3.63) is 28.5 Å². The Morgan fingerprint density at radius 2 is 2.27 bits per heavy atom. The largest absolute Gasteiger partial charge is 0.245 e. The Labute approximate surface area is 71.4 Å². The number of fused-ring (bicyclic) bond motifs is 1. The van der Waals surface area contributed by atoms with E-state index in [9.17, 15) is 4.39 Å². The second kappa shape index (κ2) is 2.43. The van der Waals surface area contributed by atoms with Crippen molar-refractivity contribution in [2.75, 3.05) is 0 Å². The Bertz CT molecular complexity index is 398. The van der Waals surface area contributed by atoms with E-state index in [2.05, 4.69) is 4.98 Å². The Kier molecular flexibility index (Phi) is 1.55. The monoisotopic (exact) mass is 187 g/mol. The maximum atomic E-state index is 13.1. The van der Waals surface area contributed by atoms with E-state index in [0.717, 1.165) is 0 Å². The van der Waals surface area contributed by atoms with Crippen LogP contribution in [0.1, 0.15) is 0 Å². The molecule has 1 aromatic heterocycles. The van der Waals surface area contributed by atoms with E-state index >= 15 is 0 Å². The third-order valence-corrected chi connectivity index (χ3v) is 2.52. The number of hydrogen-bond donors (Lipinski definition) is 0. The molecule has 0 unspecified atom stereocenters. The summed E-state index contributed by atoms with van der Waals surface area (Å²) in [7, 11) is 0. The van der Waals surface area contributed by atoms with E-state index in [4.69, 9.17) is 11.6 Å². The Morgan fingerprint density at radius 3 is 3.09 bits per heavy atom. The molecule has 1 nitrogen and oxygen atoms in total. The highest BCUT2D eigenvalue weighted by Crippen LogP contribution is 2.26. The average Bonchev–Trinajstić information content (AvgIpc) is 2.45. The van der Waals surface area contributed by atoms with Gasteiger partial charge in [-0.05, 0) is 12.1 Å². The van der Waals surface area contributed by atoms with Gasteiger partial charge in [-0.25, -0.2) is 9.37 Å². The van der Waals surface area contributed by atoms with Gasteiger partial charge in [-0.1, -0.05) is 11.6 Å². The minimum absolute atomic E-state index is 0.154. The standard InChI is InChI=1S/C7H3ClFNS/c8-4-1-2-5-7(6(4)9)11-3-10-5/h1-3H. The van der Waals surface area contributed by atoms with Crippen LogP contribution in [-0.4, -0.2) is 4.98 Å². The summed E-state index contributed by atoms with van der Waals surface area (Å²) in [6.45, 7) is 0. The van der Waals surface area contributed by atoms with Crippen LogP contribution in [0, 0.1) is 5.82 Å². The molecule has 0 aliphatic rings. The van der Waals surface area contributed by atoms with Crippen molar-refractivity contribution >= 4 is 33.2 Å². The van der Waals surface area contributed by atoms with Crippen molar-refractivity contribution in [2.45, 2.75) is 0 Å². The van der Waals surface area contributed by atoms with Crippen molar-refractivity contribution in [3.63, 3.8) is 0 Å². The van der Waals surface area contributed by atoms with E-state index in [0.29, 0.717) is 10.2 Å². The van der Waals surface area contributed by atoms with Gasteiger partial charge < -0.3 is 0 Å². The Balaban J connectivity index is 2.93. The molecule has 1 aromatic carbocycles. The van der Waals surface area contributed by atoms with Crippen LogP contribution in [0.2, 0.25) is 5.02 Å². The van der Waals surface area contributed by atoms with Gasteiger partial charge >= 0.3 is 0 Å². The molecule has 2 rings (SSSR count). The average molecular weight is 188 g/mol. The summed E-state index contributed by atoms with van der Waals surface area (Å²) in [4.78, 5) is 3.94. The molecule has 0 N–H and O–H groups in total. The van der Waals surface area contributed by atoms with Crippen molar-refractivity contribution in [2.24, 2.45) is 0 Å². The van der Waals surface area contributed by atoms with Crippen LogP contribution in [0.5, 0.6) is 0 Å². The molecular weight excluding hydrogens is 185 g/mol. The zero-order chi connectivity index (χ0) is 7.84. The lowest BCUT2D eigenvalue weighted by molar-refractivity contribution is 0.642. The van der Waals surface area contributed by atoms with E-state index < -0.39 is 0 Å². The second-order valence-electron chi connectivity index (χ2n) is 2.06. The first kappa shape index (κ1) is 7.00. The predicted octanol–water partition coefficient (Wildman–Crippen LogP) is 3.09. The molecule has 0 radical (unpaired) electrons. The second-order valence-corrected chi connectivity index (χ2v) is 3.32. The Hall–Kier alpha value is -0.670. The van der Waals surface area contributed by atoms with Crippen LogP contribution >= 0.6 is 22.9 Å². The third-order valence-electron chi connectivity index (χ3n) is 1.39. The zero-order valence-electron chi connectivity index (χ0n) is 5.34. The van der Waals surface area contributed by atoms with Crippen LogP contribution in [0.4, 0.5) is 4.39 Å². The molecule has 11 heavy (non-hydrogen) atoms. The number of rotatable bonds is 0. The fourth-order valence-corrected chi connectivity index (χ4v) is 1.81. The summed E-state index contributed by atoms with van der Waals surface area (Å²) in [6.07, 6.45) is 0. The highest BCUT2D eigenvalue weighted by molar-refractivity contribution is 7.16. The van der Waals surface area contributed by atoms with Crippen molar-refractivity contribution in [1.82, 2.24) is 4.98 Å². The maximum absolute atomic E-state index is 13.1. The van der Waals surface area contributed by atoms with Gasteiger partial charge in [0.25, 0.3) is 0 Å². The van der Waals surface area contributed by atoms with Gasteiger partial charge in [-0.3, -0.25) is 0 Å². The molecule has 0 bridgehead atoms. The molecule has 0 aliphatic heterocycles. The molecule has 4 heteroatoms. The third kappa shape index (κ3) is 1.01. The molecule has 0 spiro atoms. The van der Waals surface area contributed by atoms with Gasteiger partial charge in [0, 0.05) is 0 Å². The molecule has 0 atom stereocenters. The summed E-state index contributed by atoms with van der Waals surface area (Å²) in [6, 6.07) is 3.22. The highest BCUT2D eigenvalue weighted by atomic mass is 35.5. The SMILES string of the molecule is Fc1c(Cl)ccc2ncsc12. The summed E-state index contributed by atoms with van der Waals surface area (Å²) in [5.41, 5.74) is 2.27. The maximum Gasteiger partial charge on any atom is 0.161 e. The number of hydrogen-bond acceptors (Lipinski definition) is 2. The first-order chi connectivity index (χ1) is 5.29. The normalized spacial score (nSPS) is 10.7. The molecule has 1 heterocycles. The first-order valence-electron chi connectivity index (χ1n) is 2.96. The molecule has 0 amide bonds. The lowest BCUT2D eigenvalue weighted by atomic mass is 10.3. The molecule has 0 fully saturated rings. The first-order valence-corrected chi connectivity index (χ1v) is 4.22. The lowest BCUT2D eigenvalue weighted by Gasteiger charge is -1.92. The quantitative estimate of drug-likeness (QED) is 0.618. The van der Waals surface area contributed by atoms with Crippen LogP contribution in [0.25, 0.3) is 10.2 Å². The topological polar surface area (TPSA) is 12.9 Å². The minimum Gasteiger partial charge on any atom is -0.245 e. The van der Waals surface area contributed by atoms with Gasteiger partial charge in [-0.15, -0.1) is 11.3 Å². The fraction of sp³-hybridized carbons (Fsp3) is 0. The lowest BCUT2D eigenvalue weighted by Crippen LogP contribution is -1.75. The number of benzene rings is 1. The highest BCUT2D eigenvalue weighted by Gasteiger charge is 2.06. The van der Waals surface area contributed by atoms with Crippen LogP contribution in [-0.2, 0) is 0 Å². The van der Waals surface area contributed by atoms with Gasteiger partial charge in [0.2, 0.25) is 0 Å². The minimum atomic E-state index is -0.369. The summed E-state index contributed by atoms with van der Waals surface area (Å²) in [5, 5.41) is 0.154. The van der Waals surface area contributed by atoms with Crippen LogP contribution in [0.3, 0.4) is 0 Å². The predicted molar refractivity (Wildman–Crippen MR) is 44.6 cm³/mol. The molecule has 56 valence electrons. The molecular formula is C7H3ClFNS. The number of halogens is 2. The molecule has 0 aliphatic carbocycles. The van der Waals surface area contributed by atoms with Crippen LogP contribution in [0.15, 0.2) is 17.6 Å². The summed E-state index contributed by atoms with van der Waals surface area (Å²) in [5.74, 6) is -0.369. The van der Waals surface area contributed by atoms with Crippen LogP contribution < -0.4 is 0 Å². The van der Waals surface area contributed by atoms with Gasteiger partial charge in [0.1, 0.15) is 0 Å². The van der Waals surface area contributed by atoms with Gasteiger partial charge in [-0.2, -0.15) is 0 Å². The van der Waals surface area contributed by atoms with Gasteiger partial charge in [0.05, 0.1) is 20.7 Å². The van der Waals surface area contributed by atoms with Gasteiger partial charge in [0.15, 0.2) is 5.82 Å². The fourth-order valence-electron chi connectivity index (χ4n) is 0.871. The molecule has 0 saturated heterocycles. The van der Waals surface area contributed by atoms with E-state index in [-0.39, 0.29) is 10.8 Å². The van der Waals surface area contributed by atoms with E-state index in [1.807, 2.05) is 0 Å². The number of thiazole rings is 1. The molecule has 2 aromatic rings. The Morgan fingerprint density at radius 1 is 1.45 bits per heavy atom. The number of nitrogens with zero attached hydrogens (tertiary/aromatic N) is 1. The van der Waals surface area contributed by atoms with E-state index in [1.54, 1.807) is 11.6 Å². The van der Waals surface area contributed by atoms with Crippen molar-refractivity contribution in [3.8, 4) is 0 Å². The zero-order valence-corrected chi connectivity index (χ0v) is 6.92. The molecule has 0 saturated carbocycles. The smallest absolute Gasteiger partial charge is 0.161 e. The summed E-state index contributed by atoms with van der Waals surface area (Å²) >= 11 is 6.81. The summed E-state index contributed by atoms with van der Waals surface area (Å²) < 4.78 is 13.6.